The van der Waals surface area contributed by atoms with Crippen LogP contribution in [-0.4, -0.2) is 12.2 Å². The molecule has 0 aromatic heterocycles. The van der Waals surface area contributed by atoms with Crippen molar-refractivity contribution in [3.63, 3.8) is 0 Å². The van der Waals surface area contributed by atoms with Gasteiger partial charge in [0.2, 0.25) is 0 Å². The van der Waals surface area contributed by atoms with Crippen molar-refractivity contribution >= 4 is 0 Å². The maximum absolute atomic E-state index is 5.39. The van der Waals surface area contributed by atoms with Crippen LogP contribution >= 0.6 is 0 Å². The maximum atomic E-state index is 5.39. The zero-order valence-corrected chi connectivity index (χ0v) is 8.55. The average molecular weight is 176 g/mol. The molecule has 0 radical (unpaired) electrons. The lowest BCUT2D eigenvalue weighted by atomic mass is 9.95. The molecule has 0 N–H and O–H groups in total. The van der Waals surface area contributed by atoms with Crippen molar-refractivity contribution in [2.45, 2.75) is 32.8 Å². The van der Waals surface area contributed by atoms with Gasteiger partial charge in [-0.05, 0) is 37.5 Å². The van der Waals surface area contributed by atoms with E-state index in [-0.39, 0.29) is 5.60 Å². The van der Waals surface area contributed by atoms with E-state index in [4.69, 9.17) is 4.74 Å². The molecule has 0 saturated carbocycles. The minimum absolute atomic E-state index is 0.137. The molecule has 0 bridgehead atoms. The molecule has 70 valence electrons. The maximum Gasteiger partial charge on any atom is 0.0928 e. The van der Waals surface area contributed by atoms with Crippen molar-refractivity contribution in [3.05, 3.63) is 34.9 Å². The van der Waals surface area contributed by atoms with E-state index in [1.165, 1.54) is 16.7 Å². The van der Waals surface area contributed by atoms with Crippen LogP contribution < -0.4 is 0 Å². The van der Waals surface area contributed by atoms with Gasteiger partial charge < -0.3 is 4.74 Å². The van der Waals surface area contributed by atoms with E-state index in [9.17, 15) is 0 Å². The first-order valence-corrected chi connectivity index (χ1v) is 4.80. The minimum Gasteiger partial charge on any atom is -0.370 e. The predicted octanol–water partition coefficient (Wildman–Crippen LogP) is 2.63. The molecule has 1 unspecified atom stereocenters. The summed E-state index contributed by atoms with van der Waals surface area (Å²) in [6, 6.07) is 6.49. The van der Waals surface area contributed by atoms with Crippen molar-refractivity contribution in [2.75, 3.05) is 6.61 Å². The Morgan fingerprint density at radius 3 is 2.69 bits per heavy atom. The van der Waals surface area contributed by atoms with E-state index >= 15 is 0 Å². The second kappa shape index (κ2) is 2.85. The third kappa shape index (κ3) is 1.75. The van der Waals surface area contributed by atoms with Gasteiger partial charge in [-0.25, -0.2) is 0 Å². The van der Waals surface area contributed by atoms with Crippen LogP contribution in [0.1, 0.15) is 23.6 Å². The lowest BCUT2D eigenvalue weighted by Crippen LogP contribution is -2.10. The highest BCUT2D eigenvalue weighted by atomic mass is 16.6. The fourth-order valence-electron chi connectivity index (χ4n) is 1.63. The number of benzene rings is 1. The molecule has 1 aromatic carbocycles. The van der Waals surface area contributed by atoms with Crippen LogP contribution in [0.15, 0.2) is 18.2 Å². The molecule has 1 aliphatic heterocycles. The fraction of sp³-hybridized carbons (Fsp3) is 0.500. The number of epoxide rings is 1. The zero-order chi connectivity index (χ0) is 9.47. The molecule has 1 heterocycles. The van der Waals surface area contributed by atoms with Gasteiger partial charge in [-0.15, -0.1) is 0 Å². The van der Waals surface area contributed by atoms with Crippen LogP contribution in [-0.2, 0) is 11.2 Å². The van der Waals surface area contributed by atoms with Gasteiger partial charge in [0.25, 0.3) is 0 Å². The van der Waals surface area contributed by atoms with Crippen molar-refractivity contribution in [1.82, 2.24) is 0 Å². The van der Waals surface area contributed by atoms with E-state index in [0.717, 1.165) is 13.0 Å². The Labute approximate surface area is 79.7 Å². The third-order valence-electron chi connectivity index (χ3n) is 2.92. The highest BCUT2D eigenvalue weighted by Gasteiger charge is 2.39. The normalized spacial score (nSPS) is 26.1. The Morgan fingerprint density at radius 1 is 1.38 bits per heavy atom. The molecule has 13 heavy (non-hydrogen) atoms. The summed E-state index contributed by atoms with van der Waals surface area (Å²) in [7, 11) is 0. The van der Waals surface area contributed by atoms with Crippen molar-refractivity contribution in [2.24, 2.45) is 0 Å². The Kier molecular flexibility index (Phi) is 1.92. The summed E-state index contributed by atoms with van der Waals surface area (Å²) >= 11 is 0. The van der Waals surface area contributed by atoms with Crippen LogP contribution in [0, 0.1) is 13.8 Å². The Bertz CT molecular complexity index is 324. The summed E-state index contributed by atoms with van der Waals surface area (Å²) in [5.74, 6) is 0. The molecule has 1 aromatic rings. The molecule has 1 heteroatoms. The van der Waals surface area contributed by atoms with Gasteiger partial charge >= 0.3 is 0 Å². The third-order valence-corrected chi connectivity index (χ3v) is 2.92. The van der Waals surface area contributed by atoms with Gasteiger partial charge in [0, 0.05) is 6.42 Å². The molecule has 1 fully saturated rings. The standard InChI is InChI=1S/C12H16O/c1-9-5-4-6-11(10(9)2)7-12(3)8-13-12/h4-6H,7-8H2,1-3H3. The predicted molar refractivity (Wildman–Crippen MR) is 54.0 cm³/mol. The van der Waals surface area contributed by atoms with Gasteiger partial charge in [-0.3, -0.25) is 0 Å². The lowest BCUT2D eigenvalue weighted by molar-refractivity contribution is 0.322. The highest BCUT2D eigenvalue weighted by molar-refractivity contribution is 5.34. The minimum atomic E-state index is 0.137. The summed E-state index contributed by atoms with van der Waals surface area (Å²) < 4.78 is 5.39. The van der Waals surface area contributed by atoms with Gasteiger partial charge in [-0.2, -0.15) is 0 Å². The van der Waals surface area contributed by atoms with Gasteiger partial charge in [0.05, 0.1) is 12.2 Å². The number of rotatable bonds is 2. The van der Waals surface area contributed by atoms with Crippen molar-refractivity contribution in [3.8, 4) is 0 Å². The van der Waals surface area contributed by atoms with Gasteiger partial charge in [-0.1, -0.05) is 18.2 Å². The number of hydrogen-bond donors (Lipinski definition) is 0. The van der Waals surface area contributed by atoms with Crippen LogP contribution in [0.5, 0.6) is 0 Å². The SMILES string of the molecule is Cc1cccc(CC2(C)CO2)c1C. The first-order valence-electron chi connectivity index (χ1n) is 4.80. The zero-order valence-electron chi connectivity index (χ0n) is 8.55. The smallest absolute Gasteiger partial charge is 0.0928 e. The molecule has 2 rings (SSSR count). The molecule has 0 amide bonds. The second-order valence-corrected chi connectivity index (χ2v) is 4.27. The van der Waals surface area contributed by atoms with Crippen LogP contribution in [0.3, 0.4) is 0 Å². The quantitative estimate of drug-likeness (QED) is 0.631. The van der Waals surface area contributed by atoms with E-state index in [1.807, 2.05) is 0 Å². The number of hydrogen-bond acceptors (Lipinski definition) is 1. The molecule has 1 atom stereocenters. The summed E-state index contributed by atoms with van der Waals surface area (Å²) in [4.78, 5) is 0. The summed E-state index contributed by atoms with van der Waals surface area (Å²) in [6.45, 7) is 7.44. The first kappa shape index (κ1) is 8.76. The molecule has 1 saturated heterocycles. The van der Waals surface area contributed by atoms with Crippen LogP contribution in [0.4, 0.5) is 0 Å². The monoisotopic (exact) mass is 176 g/mol. The molecule has 0 aliphatic carbocycles. The molecule has 0 spiro atoms. The second-order valence-electron chi connectivity index (χ2n) is 4.27. The van der Waals surface area contributed by atoms with E-state index in [2.05, 4.69) is 39.0 Å². The summed E-state index contributed by atoms with van der Waals surface area (Å²) in [6.07, 6.45) is 1.06. The van der Waals surface area contributed by atoms with Crippen molar-refractivity contribution in [1.29, 1.82) is 0 Å². The summed E-state index contributed by atoms with van der Waals surface area (Å²) in [5.41, 5.74) is 4.36. The Balaban J connectivity index is 2.25. The Hall–Kier alpha value is -0.820. The first-order chi connectivity index (χ1) is 6.11. The van der Waals surface area contributed by atoms with Gasteiger partial charge in [0.1, 0.15) is 0 Å². The van der Waals surface area contributed by atoms with Gasteiger partial charge in [0.15, 0.2) is 0 Å². The van der Waals surface area contributed by atoms with Crippen LogP contribution in [0.2, 0.25) is 0 Å². The largest absolute Gasteiger partial charge is 0.370 e. The average Bonchev–Trinajstić information content (AvgIpc) is 2.78. The molecular formula is C12H16O. The molecule has 1 nitrogen and oxygen atoms in total. The topological polar surface area (TPSA) is 12.5 Å². The molecule has 1 aliphatic rings. The van der Waals surface area contributed by atoms with E-state index in [1.54, 1.807) is 0 Å². The number of ether oxygens (including phenoxy) is 1. The lowest BCUT2D eigenvalue weighted by Gasteiger charge is -2.10. The molecular weight excluding hydrogens is 160 g/mol. The highest BCUT2D eigenvalue weighted by Crippen LogP contribution is 2.31. The fourth-order valence-corrected chi connectivity index (χ4v) is 1.63. The van der Waals surface area contributed by atoms with Crippen molar-refractivity contribution < 1.29 is 4.74 Å². The van der Waals surface area contributed by atoms with E-state index < -0.39 is 0 Å². The Morgan fingerprint density at radius 2 is 2.08 bits per heavy atom. The number of aryl methyl sites for hydroxylation is 1. The summed E-state index contributed by atoms with van der Waals surface area (Å²) in [5, 5.41) is 0. The van der Waals surface area contributed by atoms with Crippen LogP contribution in [0.25, 0.3) is 0 Å². The van der Waals surface area contributed by atoms with E-state index in [0.29, 0.717) is 0 Å².